The van der Waals surface area contributed by atoms with Crippen LogP contribution in [0.25, 0.3) is 10.4 Å². The number of carbonyl (C=O) groups is 2. The number of carboxylic acid groups (broad SMARTS) is 1. The Morgan fingerprint density at radius 3 is 2.58 bits per heavy atom. The number of carboxylic acids is 1. The predicted molar refractivity (Wildman–Crippen MR) is 124 cm³/mol. The fourth-order valence-corrected chi connectivity index (χ4v) is 7.51. The molecule has 5 atom stereocenters. The van der Waals surface area contributed by atoms with Crippen LogP contribution in [-0.2, 0) is 9.59 Å². The van der Waals surface area contributed by atoms with E-state index in [9.17, 15) is 19.8 Å². The Morgan fingerprint density at radius 1 is 1.27 bits per heavy atom. The molecule has 7 nitrogen and oxygen atoms in total. The van der Waals surface area contributed by atoms with E-state index in [2.05, 4.69) is 23.6 Å². The number of hydrogen-bond donors (Lipinski definition) is 1. The highest BCUT2D eigenvalue weighted by atomic mass is 32.2. The van der Waals surface area contributed by atoms with Crippen molar-refractivity contribution in [3.8, 4) is 0 Å². The van der Waals surface area contributed by atoms with Gasteiger partial charge in [-0.1, -0.05) is 60.4 Å². The van der Waals surface area contributed by atoms with Gasteiger partial charge in [-0.15, -0.1) is 0 Å². The monoisotopic (exact) mass is 483 g/mol. The summed E-state index contributed by atoms with van der Waals surface area (Å²) in [6, 6.07) is 10.1. The van der Waals surface area contributed by atoms with Crippen molar-refractivity contribution < 1.29 is 24.4 Å². The first-order valence-electron chi connectivity index (χ1n) is 10.9. The van der Waals surface area contributed by atoms with Crippen LogP contribution < -0.4 is 9.67 Å². The third-order valence-corrected chi connectivity index (χ3v) is 8.95. The topological polar surface area (TPSA) is 89.0 Å². The average Bonchev–Trinajstić information content (AvgIpc) is 3.40. The van der Waals surface area contributed by atoms with E-state index in [0.717, 1.165) is 14.7 Å². The zero-order valence-electron chi connectivity index (χ0n) is 18.8. The van der Waals surface area contributed by atoms with Crippen molar-refractivity contribution in [3.05, 3.63) is 59.0 Å². The number of aliphatic hydroxyl groups is 1. The first kappa shape index (κ1) is 22.2. The van der Waals surface area contributed by atoms with E-state index in [1.807, 2.05) is 48.3 Å². The van der Waals surface area contributed by atoms with Crippen molar-refractivity contribution in [2.24, 2.45) is 11.8 Å². The number of aromatic nitrogens is 2. The van der Waals surface area contributed by atoms with Crippen LogP contribution in [0.1, 0.15) is 37.3 Å². The highest BCUT2D eigenvalue weighted by molar-refractivity contribution is 7.98. The summed E-state index contributed by atoms with van der Waals surface area (Å²) >= 11 is 3.17. The Hall–Kier alpha value is -2.62. The molecule has 2 aliphatic heterocycles. The first-order valence-corrected chi connectivity index (χ1v) is 12.9. The van der Waals surface area contributed by atoms with Gasteiger partial charge in [-0.25, -0.2) is 4.57 Å². The lowest BCUT2D eigenvalue weighted by molar-refractivity contribution is -0.742. The van der Waals surface area contributed by atoms with Crippen LogP contribution in [-0.4, -0.2) is 44.7 Å². The van der Waals surface area contributed by atoms with Gasteiger partial charge in [-0.2, -0.15) is 4.40 Å². The van der Waals surface area contributed by atoms with Crippen molar-refractivity contribution in [1.29, 1.82) is 0 Å². The molecule has 5 rings (SSSR count). The number of hydrogen-bond acceptors (Lipinski definition) is 6. The summed E-state index contributed by atoms with van der Waals surface area (Å²) in [5, 5.41) is 23.3. The lowest BCUT2D eigenvalue weighted by Gasteiger charge is -2.47. The highest BCUT2D eigenvalue weighted by Crippen LogP contribution is 2.51. The van der Waals surface area contributed by atoms with Crippen LogP contribution in [0.4, 0.5) is 0 Å². The van der Waals surface area contributed by atoms with E-state index < -0.39 is 18.0 Å². The molecule has 3 aromatic rings. The molecule has 1 N–H and O–H groups in total. The maximum Gasteiger partial charge on any atom is 0.251 e. The van der Waals surface area contributed by atoms with Crippen LogP contribution in [0.5, 0.6) is 0 Å². The number of imidazole rings is 1. The molecule has 2 aliphatic rings. The second-order valence-corrected chi connectivity index (χ2v) is 10.6. The number of thiazole rings is 1. The van der Waals surface area contributed by atoms with Gasteiger partial charge in [0.05, 0.1) is 34.6 Å². The number of carbonyl (C=O) groups excluding carboxylic acids is 2. The molecule has 33 heavy (non-hydrogen) atoms. The van der Waals surface area contributed by atoms with E-state index in [4.69, 9.17) is 0 Å². The second kappa shape index (κ2) is 8.00. The van der Waals surface area contributed by atoms with Crippen molar-refractivity contribution >= 4 is 45.4 Å². The summed E-state index contributed by atoms with van der Waals surface area (Å²) in [6.45, 7) is 5.66. The lowest BCUT2D eigenvalue weighted by atomic mass is 9.77. The lowest BCUT2D eigenvalue weighted by Crippen LogP contribution is -2.64. The number of aliphatic carboxylic acids is 1. The fraction of sp³-hybridized carbons (Fsp3) is 0.375. The number of β-lactam (4-membered cyclic amide) rings is 1. The van der Waals surface area contributed by atoms with E-state index in [-0.39, 0.29) is 29.6 Å². The van der Waals surface area contributed by atoms with Gasteiger partial charge in [-0.05, 0) is 25.7 Å². The van der Waals surface area contributed by atoms with Crippen LogP contribution in [0.3, 0.4) is 0 Å². The summed E-state index contributed by atoms with van der Waals surface area (Å²) in [6.07, 6.45) is 5.18. The Kier molecular flexibility index (Phi) is 5.38. The number of thioether (sulfide) groups is 1. The molecular weight excluding hydrogens is 458 g/mol. The fourth-order valence-electron chi connectivity index (χ4n) is 5.27. The predicted octanol–water partition coefficient (Wildman–Crippen LogP) is 1.94. The van der Waals surface area contributed by atoms with Crippen LogP contribution in [0, 0.1) is 11.8 Å². The van der Waals surface area contributed by atoms with Crippen LogP contribution >= 0.6 is 23.1 Å². The number of benzene rings is 1. The summed E-state index contributed by atoms with van der Waals surface area (Å²) < 4.78 is 4.25. The van der Waals surface area contributed by atoms with Crippen molar-refractivity contribution in [2.75, 3.05) is 6.26 Å². The molecular formula is C24H25N3O4S2. The molecule has 0 saturated carbocycles. The van der Waals surface area contributed by atoms with E-state index >= 15 is 0 Å². The van der Waals surface area contributed by atoms with Crippen LogP contribution in [0.15, 0.2) is 53.6 Å². The third-order valence-electron chi connectivity index (χ3n) is 6.89. The SMILES string of the molecule is CSc1c2sc(C3=C(C(=O)[O-])N4C(=O)[C@H]([C@@H](C)O)[C@H]4[C@H]3C)cn2c[n+]1C(C)c1ccccc1. The van der Waals surface area contributed by atoms with Crippen molar-refractivity contribution in [3.63, 3.8) is 0 Å². The van der Waals surface area contributed by atoms with Gasteiger partial charge in [0.15, 0.2) is 0 Å². The van der Waals surface area contributed by atoms with Crippen molar-refractivity contribution in [1.82, 2.24) is 9.30 Å². The molecule has 172 valence electrons. The third kappa shape index (κ3) is 3.17. The quantitative estimate of drug-likeness (QED) is 0.329. The van der Waals surface area contributed by atoms with Gasteiger partial charge in [-0.3, -0.25) is 4.79 Å². The Balaban J connectivity index is 1.59. The summed E-state index contributed by atoms with van der Waals surface area (Å²) in [4.78, 5) is 27.9. The Bertz CT molecular complexity index is 1290. The van der Waals surface area contributed by atoms with Crippen LogP contribution in [0.2, 0.25) is 0 Å². The summed E-state index contributed by atoms with van der Waals surface area (Å²) in [5.41, 5.74) is 1.75. The molecule has 1 fully saturated rings. The van der Waals surface area contributed by atoms with Gasteiger partial charge in [0, 0.05) is 11.5 Å². The van der Waals surface area contributed by atoms with Gasteiger partial charge < -0.3 is 19.9 Å². The van der Waals surface area contributed by atoms with Gasteiger partial charge >= 0.3 is 0 Å². The average molecular weight is 484 g/mol. The van der Waals surface area contributed by atoms with Gasteiger partial charge in [0.2, 0.25) is 15.8 Å². The number of rotatable bonds is 6. The number of fused-ring (bicyclic) bond motifs is 2. The minimum atomic E-state index is -1.35. The summed E-state index contributed by atoms with van der Waals surface area (Å²) in [5.74, 6) is -2.51. The zero-order valence-corrected chi connectivity index (χ0v) is 20.4. The Labute approximate surface area is 200 Å². The molecule has 1 unspecified atom stereocenters. The zero-order chi connectivity index (χ0) is 23.6. The van der Waals surface area contributed by atoms with E-state index in [1.54, 1.807) is 18.7 Å². The second-order valence-electron chi connectivity index (χ2n) is 8.73. The maximum atomic E-state index is 12.6. The molecule has 0 radical (unpaired) electrons. The smallest absolute Gasteiger partial charge is 0.251 e. The normalized spacial score (nSPS) is 24.2. The number of nitrogens with zero attached hydrogens (tertiary/aromatic N) is 3. The summed E-state index contributed by atoms with van der Waals surface area (Å²) in [7, 11) is 0. The van der Waals surface area contributed by atoms with Gasteiger partial charge in [0.1, 0.15) is 12.2 Å². The standard InChI is InChI=1S/C24H25N3O4S2/c1-12-17(20(24(30)31)27-19(12)18(14(3)28)21(27)29)16-10-25-11-26(23(32-4)22(25)33-16)13(2)15-8-6-5-7-9-15/h5-14,18-19,28H,1-4H3/t12-,13?,14+,18+,19+/m0/s1. The van der Waals surface area contributed by atoms with Gasteiger partial charge in [0.25, 0.3) is 6.33 Å². The first-order chi connectivity index (χ1) is 15.8. The minimum absolute atomic E-state index is 0.0601. The minimum Gasteiger partial charge on any atom is -0.543 e. The molecule has 2 aromatic heterocycles. The molecule has 4 heterocycles. The molecule has 1 saturated heterocycles. The Morgan fingerprint density at radius 2 is 1.97 bits per heavy atom. The largest absolute Gasteiger partial charge is 0.543 e. The molecule has 0 spiro atoms. The highest BCUT2D eigenvalue weighted by Gasteiger charge is 2.59. The maximum absolute atomic E-state index is 12.6. The molecule has 0 bridgehead atoms. The number of aliphatic hydroxyl groups excluding tert-OH is 1. The number of amides is 1. The van der Waals surface area contributed by atoms with Crippen molar-refractivity contribution in [2.45, 2.75) is 44.0 Å². The molecule has 1 aromatic carbocycles. The van der Waals surface area contributed by atoms with E-state index in [1.165, 1.54) is 21.8 Å². The van der Waals surface area contributed by atoms with E-state index in [0.29, 0.717) is 5.57 Å². The molecule has 1 amide bonds. The molecule has 9 heteroatoms. The molecule has 0 aliphatic carbocycles.